The number of imidazole rings is 1. The van der Waals surface area contributed by atoms with Crippen molar-refractivity contribution in [1.29, 1.82) is 0 Å². The number of nitrogens with zero attached hydrogens (tertiary/aromatic N) is 2. The Bertz CT molecular complexity index is 228. The number of carbonyl (C=O) groups excluding carboxylic acids is 1. The molecule has 0 atom stereocenters. The molecule has 0 saturated heterocycles. The lowest BCUT2D eigenvalue weighted by molar-refractivity contribution is 0.250. The highest BCUT2D eigenvalue weighted by molar-refractivity contribution is 5.77. The Labute approximate surface area is 51.3 Å². The van der Waals surface area contributed by atoms with Crippen molar-refractivity contribution in [3.63, 3.8) is 0 Å². The maximum absolute atomic E-state index is 10.3. The molecule has 0 aliphatic rings. The normalized spacial score (nSPS) is 9.33. The number of amides is 1. The average molecular weight is 126 g/mol. The molecule has 1 rings (SSSR count). The fraction of sp³-hybridized carbons (Fsp3) is 0. The number of rotatable bonds is 0. The lowest BCUT2D eigenvalue weighted by Gasteiger charge is -1.93. The Kier molecular flexibility index (Phi) is 1.11. The Morgan fingerprint density at radius 2 is 2.44 bits per heavy atom. The highest BCUT2D eigenvalue weighted by atomic mass is 16.2. The number of anilines is 1. The Hall–Kier alpha value is -1.52. The van der Waals surface area contributed by atoms with Crippen molar-refractivity contribution in [1.82, 2.24) is 9.55 Å². The number of aromatic nitrogens is 2. The summed E-state index contributed by atoms with van der Waals surface area (Å²) in [6.45, 7) is 0. The molecule has 1 heterocycles. The molecule has 0 fully saturated rings. The van der Waals surface area contributed by atoms with Gasteiger partial charge in [0.2, 0.25) is 0 Å². The largest absolute Gasteiger partial charge is 0.383 e. The highest BCUT2D eigenvalue weighted by Crippen LogP contribution is 1.96. The van der Waals surface area contributed by atoms with Gasteiger partial charge in [-0.2, -0.15) is 0 Å². The van der Waals surface area contributed by atoms with Crippen LogP contribution in [-0.4, -0.2) is 15.6 Å². The SMILES string of the molecule is NC(=O)n1cncc1N. The van der Waals surface area contributed by atoms with Crippen LogP contribution in [0.25, 0.3) is 0 Å². The molecule has 9 heavy (non-hydrogen) atoms. The van der Waals surface area contributed by atoms with Gasteiger partial charge in [0.05, 0.1) is 6.20 Å². The second kappa shape index (κ2) is 1.77. The summed E-state index contributed by atoms with van der Waals surface area (Å²) in [4.78, 5) is 13.9. The molecular formula is C4H6N4O. The van der Waals surface area contributed by atoms with Gasteiger partial charge in [-0.15, -0.1) is 0 Å². The van der Waals surface area contributed by atoms with Crippen LogP contribution in [0.1, 0.15) is 0 Å². The Morgan fingerprint density at radius 1 is 1.78 bits per heavy atom. The van der Waals surface area contributed by atoms with E-state index in [4.69, 9.17) is 11.5 Å². The predicted molar refractivity (Wildman–Crippen MR) is 31.6 cm³/mol. The van der Waals surface area contributed by atoms with Crippen LogP contribution in [0.5, 0.6) is 0 Å². The first-order valence-electron chi connectivity index (χ1n) is 2.29. The van der Waals surface area contributed by atoms with Gasteiger partial charge in [-0.05, 0) is 0 Å². The summed E-state index contributed by atoms with van der Waals surface area (Å²) in [5.41, 5.74) is 10.1. The predicted octanol–water partition coefficient (Wildman–Crippen LogP) is -0.608. The van der Waals surface area contributed by atoms with Crippen LogP contribution in [0.4, 0.5) is 10.6 Å². The monoisotopic (exact) mass is 126 g/mol. The van der Waals surface area contributed by atoms with Gasteiger partial charge in [0.25, 0.3) is 0 Å². The fourth-order valence-corrected chi connectivity index (χ4v) is 0.489. The molecule has 0 aromatic carbocycles. The molecular weight excluding hydrogens is 120 g/mol. The van der Waals surface area contributed by atoms with Gasteiger partial charge in [-0.25, -0.2) is 14.3 Å². The van der Waals surface area contributed by atoms with Crippen molar-refractivity contribution in [2.24, 2.45) is 5.73 Å². The van der Waals surface area contributed by atoms with Gasteiger partial charge in [-0.3, -0.25) is 0 Å². The molecule has 0 saturated carbocycles. The molecule has 4 N–H and O–H groups in total. The van der Waals surface area contributed by atoms with Crippen molar-refractivity contribution < 1.29 is 4.79 Å². The molecule has 1 aromatic heterocycles. The van der Waals surface area contributed by atoms with Crippen molar-refractivity contribution in [3.8, 4) is 0 Å². The van der Waals surface area contributed by atoms with E-state index < -0.39 is 6.03 Å². The standard InChI is InChI=1S/C4H6N4O/c5-3-1-7-2-8(3)4(6)9/h1-2H,5H2,(H2,6,9). The summed E-state index contributed by atoms with van der Waals surface area (Å²) in [7, 11) is 0. The number of hydrogen-bond acceptors (Lipinski definition) is 3. The minimum atomic E-state index is -0.620. The van der Waals surface area contributed by atoms with Gasteiger partial charge in [0.1, 0.15) is 12.1 Å². The van der Waals surface area contributed by atoms with E-state index in [1.165, 1.54) is 12.5 Å². The summed E-state index contributed by atoms with van der Waals surface area (Å²) in [6.07, 6.45) is 2.61. The molecule has 0 aliphatic heterocycles. The third-order valence-electron chi connectivity index (χ3n) is 0.905. The highest BCUT2D eigenvalue weighted by Gasteiger charge is 1.99. The van der Waals surface area contributed by atoms with Crippen molar-refractivity contribution >= 4 is 11.8 Å². The summed E-state index contributed by atoms with van der Waals surface area (Å²) < 4.78 is 1.06. The maximum atomic E-state index is 10.3. The number of nitrogen functional groups attached to an aromatic ring is 1. The third-order valence-corrected chi connectivity index (χ3v) is 0.905. The Balaban J connectivity index is 3.08. The van der Waals surface area contributed by atoms with Crippen LogP contribution < -0.4 is 11.5 Å². The van der Waals surface area contributed by atoms with Crippen LogP contribution in [0, 0.1) is 0 Å². The van der Waals surface area contributed by atoms with Crippen molar-refractivity contribution in [2.45, 2.75) is 0 Å². The summed E-state index contributed by atoms with van der Waals surface area (Å²) >= 11 is 0. The second-order valence-electron chi connectivity index (χ2n) is 1.53. The minimum Gasteiger partial charge on any atom is -0.383 e. The fourth-order valence-electron chi connectivity index (χ4n) is 0.489. The van der Waals surface area contributed by atoms with Crippen molar-refractivity contribution in [2.75, 3.05) is 5.73 Å². The summed E-state index contributed by atoms with van der Waals surface area (Å²) in [6, 6.07) is -0.620. The van der Waals surface area contributed by atoms with E-state index in [0.29, 0.717) is 0 Å². The molecule has 0 unspecified atom stereocenters. The zero-order chi connectivity index (χ0) is 6.85. The van der Waals surface area contributed by atoms with Gasteiger partial charge in [0, 0.05) is 0 Å². The third kappa shape index (κ3) is 0.835. The molecule has 1 aromatic rings. The molecule has 5 heteroatoms. The van der Waals surface area contributed by atoms with Crippen LogP contribution >= 0.6 is 0 Å². The molecule has 48 valence electrons. The molecule has 0 spiro atoms. The number of nitrogens with two attached hydrogens (primary N) is 2. The van der Waals surface area contributed by atoms with E-state index in [9.17, 15) is 4.79 Å². The molecule has 5 nitrogen and oxygen atoms in total. The first kappa shape index (κ1) is 5.61. The number of carbonyl (C=O) groups is 1. The van der Waals surface area contributed by atoms with Crippen LogP contribution in [0.15, 0.2) is 12.5 Å². The first-order chi connectivity index (χ1) is 4.22. The topological polar surface area (TPSA) is 86.9 Å². The maximum Gasteiger partial charge on any atom is 0.325 e. The number of primary amides is 1. The van der Waals surface area contributed by atoms with E-state index in [1.807, 2.05) is 0 Å². The molecule has 0 aliphatic carbocycles. The van der Waals surface area contributed by atoms with Crippen LogP contribution in [0.2, 0.25) is 0 Å². The smallest absolute Gasteiger partial charge is 0.325 e. The van der Waals surface area contributed by atoms with Gasteiger partial charge < -0.3 is 11.5 Å². The van der Waals surface area contributed by atoms with Crippen LogP contribution in [-0.2, 0) is 0 Å². The second-order valence-corrected chi connectivity index (χ2v) is 1.53. The van der Waals surface area contributed by atoms with Gasteiger partial charge >= 0.3 is 6.03 Å². The first-order valence-corrected chi connectivity index (χ1v) is 2.29. The number of hydrogen-bond donors (Lipinski definition) is 2. The zero-order valence-electron chi connectivity index (χ0n) is 4.61. The van der Waals surface area contributed by atoms with E-state index in [-0.39, 0.29) is 5.82 Å². The molecule has 0 bridgehead atoms. The lowest BCUT2D eigenvalue weighted by atomic mass is 10.7. The zero-order valence-corrected chi connectivity index (χ0v) is 4.61. The van der Waals surface area contributed by atoms with Crippen molar-refractivity contribution in [3.05, 3.63) is 12.5 Å². The van der Waals surface area contributed by atoms with E-state index >= 15 is 0 Å². The molecule has 1 amide bonds. The lowest BCUT2D eigenvalue weighted by Crippen LogP contribution is -2.19. The van der Waals surface area contributed by atoms with Gasteiger partial charge in [-0.1, -0.05) is 0 Å². The van der Waals surface area contributed by atoms with Gasteiger partial charge in [0.15, 0.2) is 0 Å². The quantitative estimate of drug-likeness (QED) is 0.486. The summed E-state index contributed by atoms with van der Waals surface area (Å²) in [5.74, 6) is 0.252. The average Bonchev–Trinajstić information content (AvgIpc) is 2.13. The molecule has 0 radical (unpaired) electrons. The van der Waals surface area contributed by atoms with Crippen LogP contribution in [0.3, 0.4) is 0 Å². The van der Waals surface area contributed by atoms with E-state index in [2.05, 4.69) is 4.98 Å². The van der Waals surface area contributed by atoms with E-state index in [0.717, 1.165) is 4.57 Å². The Morgan fingerprint density at radius 3 is 2.67 bits per heavy atom. The van der Waals surface area contributed by atoms with E-state index in [1.54, 1.807) is 0 Å². The summed E-state index contributed by atoms with van der Waals surface area (Å²) in [5, 5.41) is 0. The minimum absolute atomic E-state index is 0.252.